The van der Waals surface area contributed by atoms with Gasteiger partial charge in [0, 0.05) is 12.1 Å². The van der Waals surface area contributed by atoms with Gasteiger partial charge in [-0.25, -0.2) is 0 Å². The monoisotopic (exact) mass is 221 g/mol. The van der Waals surface area contributed by atoms with Gasteiger partial charge in [-0.2, -0.15) is 0 Å². The summed E-state index contributed by atoms with van der Waals surface area (Å²) < 4.78 is 5.58. The summed E-state index contributed by atoms with van der Waals surface area (Å²) in [6.45, 7) is 7.91. The molecular weight excluding hydrogens is 202 g/mol. The molecule has 1 aromatic rings. The van der Waals surface area contributed by atoms with Crippen LogP contribution >= 0.6 is 0 Å². The Hall–Kier alpha value is -1.35. The van der Waals surface area contributed by atoms with E-state index in [0.29, 0.717) is 12.2 Å². The van der Waals surface area contributed by atoms with E-state index in [4.69, 9.17) is 4.74 Å². The molecule has 0 amide bonds. The molecular formula is C13H19NO2. The van der Waals surface area contributed by atoms with E-state index in [1.807, 2.05) is 12.1 Å². The van der Waals surface area contributed by atoms with Crippen molar-refractivity contribution in [2.75, 3.05) is 26.2 Å². The number of carbonyl (C=O) groups excluding carboxylic acids is 1. The SMILES string of the molecule is CCN(CC)CCOc1cccc(C=O)c1. The molecule has 0 aliphatic rings. The smallest absolute Gasteiger partial charge is 0.150 e. The largest absolute Gasteiger partial charge is 0.492 e. The van der Waals surface area contributed by atoms with Gasteiger partial charge in [0.05, 0.1) is 0 Å². The van der Waals surface area contributed by atoms with E-state index in [9.17, 15) is 4.79 Å². The Bertz CT molecular complexity index is 321. The summed E-state index contributed by atoms with van der Waals surface area (Å²) in [5.74, 6) is 0.761. The van der Waals surface area contributed by atoms with Crippen LogP contribution in [0.4, 0.5) is 0 Å². The Morgan fingerprint density at radius 2 is 2.06 bits per heavy atom. The van der Waals surface area contributed by atoms with Gasteiger partial charge in [-0.15, -0.1) is 0 Å². The molecule has 0 N–H and O–H groups in total. The highest BCUT2D eigenvalue weighted by molar-refractivity contribution is 5.75. The minimum atomic E-state index is 0.653. The molecule has 0 aromatic heterocycles. The van der Waals surface area contributed by atoms with E-state index in [1.165, 1.54) is 0 Å². The maximum absolute atomic E-state index is 10.6. The number of hydrogen-bond acceptors (Lipinski definition) is 3. The fraction of sp³-hybridized carbons (Fsp3) is 0.462. The fourth-order valence-electron chi connectivity index (χ4n) is 1.51. The van der Waals surface area contributed by atoms with Gasteiger partial charge in [-0.1, -0.05) is 26.0 Å². The summed E-state index contributed by atoms with van der Waals surface area (Å²) in [6.07, 6.45) is 0.831. The zero-order valence-corrected chi connectivity index (χ0v) is 9.98. The zero-order chi connectivity index (χ0) is 11.8. The normalized spacial score (nSPS) is 10.4. The first-order valence-corrected chi connectivity index (χ1v) is 5.70. The van der Waals surface area contributed by atoms with Crippen LogP contribution in [0.15, 0.2) is 24.3 Å². The van der Waals surface area contributed by atoms with Crippen LogP contribution in [-0.2, 0) is 0 Å². The maximum Gasteiger partial charge on any atom is 0.150 e. The summed E-state index contributed by atoms with van der Waals surface area (Å²) in [6, 6.07) is 7.23. The van der Waals surface area contributed by atoms with Crippen molar-refractivity contribution >= 4 is 6.29 Å². The highest BCUT2D eigenvalue weighted by Crippen LogP contribution is 2.11. The molecule has 16 heavy (non-hydrogen) atoms. The predicted molar refractivity (Wildman–Crippen MR) is 65.1 cm³/mol. The van der Waals surface area contributed by atoms with Crippen LogP contribution in [0.1, 0.15) is 24.2 Å². The van der Waals surface area contributed by atoms with Crippen LogP contribution < -0.4 is 4.74 Å². The van der Waals surface area contributed by atoms with Crippen molar-refractivity contribution in [3.63, 3.8) is 0 Å². The lowest BCUT2D eigenvalue weighted by Gasteiger charge is -2.17. The zero-order valence-electron chi connectivity index (χ0n) is 9.98. The van der Waals surface area contributed by atoms with Crippen LogP contribution in [-0.4, -0.2) is 37.4 Å². The first kappa shape index (κ1) is 12.7. The molecule has 88 valence electrons. The molecule has 3 heteroatoms. The van der Waals surface area contributed by atoms with Crippen molar-refractivity contribution in [1.29, 1.82) is 0 Å². The lowest BCUT2D eigenvalue weighted by molar-refractivity contribution is 0.112. The number of nitrogens with zero attached hydrogens (tertiary/aromatic N) is 1. The lowest BCUT2D eigenvalue weighted by Crippen LogP contribution is -2.27. The van der Waals surface area contributed by atoms with Gasteiger partial charge < -0.3 is 9.64 Å². The minimum Gasteiger partial charge on any atom is -0.492 e. The Morgan fingerprint density at radius 1 is 1.31 bits per heavy atom. The second-order valence-corrected chi connectivity index (χ2v) is 3.57. The fourth-order valence-corrected chi connectivity index (χ4v) is 1.51. The molecule has 0 bridgehead atoms. The molecule has 0 atom stereocenters. The van der Waals surface area contributed by atoms with Gasteiger partial charge in [-0.05, 0) is 25.2 Å². The highest BCUT2D eigenvalue weighted by Gasteiger charge is 2.00. The number of carbonyl (C=O) groups is 1. The summed E-state index contributed by atoms with van der Waals surface area (Å²) >= 11 is 0. The Kier molecular flexibility index (Phi) is 5.57. The third kappa shape index (κ3) is 4.03. The molecule has 0 spiro atoms. The van der Waals surface area contributed by atoms with Crippen LogP contribution in [0.3, 0.4) is 0 Å². The number of benzene rings is 1. The highest BCUT2D eigenvalue weighted by atomic mass is 16.5. The van der Waals surface area contributed by atoms with Gasteiger partial charge in [0.1, 0.15) is 18.6 Å². The van der Waals surface area contributed by atoms with Crippen molar-refractivity contribution in [2.24, 2.45) is 0 Å². The molecule has 0 saturated heterocycles. The molecule has 1 rings (SSSR count). The van der Waals surface area contributed by atoms with E-state index in [1.54, 1.807) is 12.1 Å². The second-order valence-electron chi connectivity index (χ2n) is 3.57. The predicted octanol–water partition coefficient (Wildman–Crippen LogP) is 2.22. The Morgan fingerprint density at radius 3 is 2.69 bits per heavy atom. The molecule has 0 aliphatic carbocycles. The van der Waals surface area contributed by atoms with Crippen LogP contribution in [0.5, 0.6) is 5.75 Å². The second kappa shape index (κ2) is 7.01. The molecule has 1 aromatic carbocycles. The van der Waals surface area contributed by atoms with E-state index in [2.05, 4.69) is 18.7 Å². The number of rotatable bonds is 7. The van der Waals surface area contributed by atoms with Crippen molar-refractivity contribution in [3.8, 4) is 5.75 Å². The Balaban J connectivity index is 2.39. The van der Waals surface area contributed by atoms with Gasteiger partial charge in [0.25, 0.3) is 0 Å². The standard InChI is InChI=1S/C13H19NO2/c1-3-14(4-2)8-9-16-13-7-5-6-12(10-13)11-15/h5-7,10-11H,3-4,8-9H2,1-2H3. The van der Waals surface area contributed by atoms with Crippen molar-refractivity contribution in [1.82, 2.24) is 4.90 Å². The average molecular weight is 221 g/mol. The van der Waals surface area contributed by atoms with Crippen molar-refractivity contribution in [2.45, 2.75) is 13.8 Å². The lowest BCUT2D eigenvalue weighted by atomic mass is 10.2. The third-order valence-corrected chi connectivity index (χ3v) is 2.56. The minimum absolute atomic E-state index is 0.653. The first-order chi connectivity index (χ1) is 7.80. The van der Waals surface area contributed by atoms with Gasteiger partial charge >= 0.3 is 0 Å². The van der Waals surface area contributed by atoms with Gasteiger partial charge in [0.15, 0.2) is 0 Å². The first-order valence-electron chi connectivity index (χ1n) is 5.70. The molecule has 0 saturated carbocycles. The quantitative estimate of drug-likeness (QED) is 0.661. The summed E-state index contributed by atoms with van der Waals surface area (Å²) in [5.41, 5.74) is 0.653. The summed E-state index contributed by atoms with van der Waals surface area (Å²) in [7, 11) is 0. The third-order valence-electron chi connectivity index (χ3n) is 2.56. The van der Waals surface area contributed by atoms with Crippen LogP contribution in [0.2, 0.25) is 0 Å². The topological polar surface area (TPSA) is 29.5 Å². The Labute approximate surface area is 97.0 Å². The molecule has 0 radical (unpaired) electrons. The maximum atomic E-state index is 10.6. The number of aldehydes is 1. The van der Waals surface area contributed by atoms with Crippen molar-refractivity contribution < 1.29 is 9.53 Å². The van der Waals surface area contributed by atoms with E-state index in [0.717, 1.165) is 31.7 Å². The van der Waals surface area contributed by atoms with Crippen LogP contribution in [0, 0.1) is 0 Å². The molecule has 3 nitrogen and oxygen atoms in total. The average Bonchev–Trinajstić information content (AvgIpc) is 2.35. The van der Waals surface area contributed by atoms with E-state index < -0.39 is 0 Å². The summed E-state index contributed by atoms with van der Waals surface area (Å²) in [5, 5.41) is 0. The van der Waals surface area contributed by atoms with E-state index >= 15 is 0 Å². The summed E-state index contributed by atoms with van der Waals surface area (Å²) in [4.78, 5) is 12.9. The van der Waals surface area contributed by atoms with Gasteiger partial charge in [0.2, 0.25) is 0 Å². The van der Waals surface area contributed by atoms with Gasteiger partial charge in [-0.3, -0.25) is 4.79 Å². The molecule has 0 aliphatic heterocycles. The molecule has 0 fully saturated rings. The number of ether oxygens (including phenoxy) is 1. The van der Waals surface area contributed by atoms with Crippen molar-refractivity contribution in [3.05, 3.63) is 29.8 Å². The molecule has 0 unspecified atom stereocenters. The number of hydrogen-bond donors (Lipinski definition) is 0. The number of likely N-dealkylation sites (N-methyl/N-ethyl adjacent to an activating group) is 1. The van der Waals surface area contributed by atoms with E-state index in [-0.39, 0.29) is 0 Å². The molecule has 0 heterocycles. The van der Waals surface area contributed by atoms with Crippen LogP contribution in [0.25, 0.3) is 0 Å².